The van der Waals surface area contributed by atoms with Crippen molar-refractivity contribution >= 4 is 35.4 Å². The minimum atomic E-state index is -0.796. The van der Waals surface area contributed by atoms with Gasteiger partial charge >= 0.3 is 12.1 Å². The molecular weight excluding hydrogens is 488 g/mol. The smallest absolute Gasteiger partial charge is 0.436 e. The third kappa shape index (κ3) is 7.89. The lowest BCUT2D eigenvalue weighted by Crippen LogP contribution is -2.42. The van der Waals surface area contributed by atoms with Crippen LogP contribution in [0.15, 0.2) is 47.5 Å². The number of ether oxygens (including phenoxy) is 2. The molecule has 38 heavy (non-hydrogen) atoms. The normalized spacial score (nSPS) is 14.0. The molecule has 10 heteroatoms. The van der Waals surface area contributed by atoms with Crippen molar-refractivity contribution < 1.29 is 28.7 Å². The van der Waals surface area contributed by atoms with Gasteiger partial charge < -0.3 is 25.4 Å². The largest absolute Gasteiger partial charge is 0.459 e. The van der Waals surface area contributed by atoms with Crippen LogP contribution in [0.1, 0.15) is 73.4 Å². The maximum atomic E-state index is 12.9. The number of carbonyl (C=O) groups is 4. The van der Waals surface area contributed by atoms with Gasteiger partial charge in [0.1, 0.15) is 23.6 Å². The number of esters is 1. The Kier molecular flexibility index (Phi) is 8.24. The van der Waals surface area contributed by atoms with Gasteiger partial charge in [0.25, 0.3) is 11.8 Å². The molecule has 1 heterocycles. The highest BCUT2D eigenvalue weighted by molar-refractivity contribution is 6.07. The molecule has 1 aliphatic rings. The van der Waals surface area contributed by atoms with E-state index in [1.807, 2.05) is 0 Å². The second-order valence-corrected chi connectivity index (χ2v) is 10.9. The van der Waals surface area contributed by atoms with Gasteiger partial charge in [-0.25, -0.2) is 4.79 Å². The summed E-state index contributed by atoms with van der Waals surface area (Å²) in [5, 5.41) is 2.83. The molecule has 2 aromatic carbocycles. The number of hydrogen-bond acceptors (Lipinski definition) is 6. The van der Waals surface area contributed by atoms with Crippen molar-refractivity contribution in [1.29, 1.82) is 0 Å². The third-order valence-corrected chi connectivity index (χ3v) is 5.32. The summed E-state index contributed by atoms with van der Waals surface area (Å²) in [7, 11) is 0. The Bertz CT molecular complexity index is 1270. The Balaban J connectivity index is 1.64. The molecule has 0 spiro atoms. The molecule has 0 saturated carbocycles. The van der Waals surface area contributed by atoms with Crippen molar-refractivity contribution in [2.45, 2.75) is 59.2 Å². The number of rotatable bonds is 5. The zero-order valence-corrected chi connectivity index (χ0v) is 22.6. The van der Waals surface area contributed by atoms with E-state index < -0.39 is 23.3 Å². The molecule has 0 bridgehead atoms. The highest BCUT2D eigenvalue weighted by atomic mass is 16.6. The van der Waals surface area contributed by atoms with Gasteiger partial charge in [-0.3, -0.25) is 14.4 Å². The first-order valence-corrected chi connectivity index (χ1v) is 12.2. The number of hydrogen-bond donors (Lipinski definition) is 2. The highest BCUT2D eigenvalue weighted by Crippen LogP contribution is 2.23. The van der Waals surface area contributed by atoms with Crippen molar-refractivity contribution in [2.24, 2.45) is 10.7 Å². The number of amides is 3. The number of anilines is 1. The van der Waals surface area contributed by atoms with Crippen molar-refractivity contribution in [3.8, 4) is 0 Å². The quantitative estimate of drug-likeness (QED) is 0.344. The topological polar surface area (TPSA) is 140 Å². The molecule has 3 amide bonds. The lowest BCUT2D eigenvalue weighted by atomic mass is 9.98. The van der Waals surface area contributed by atoms with E-state index in [1.165, 1.54) is 4.90 Å². The van der Waals surface area contributed by atoms with E-state index in [-0.39, 0.29) is 24.2 Å². The standard InChI is InChI=1S/C28H34N4O6/c1-27(2,3)37-22(33)16-32-14-13-19-15-20(11-12-21(19)25(32)35)30-24(34)18-9-7-17(8-10-18)23(29)31-26(36)38-28(4,5)6/h7-12,15H,13-14,16H2,1-6H3,(H,30,34)(H2,29,31,36). The van der Waals surface area contributed by atoms with E-state index in [9.17, 15) is 19.2 Å². The Morgan fingerprint density at radius 2 is 1.55 bits per heavy atom. The van der Waals surface area contributed by atoms with Crippen LogP contribution in [0, 0.1) is 0 Å². The molecular formula is C28H34N4O6. The number of amidine groups is 1. The van der Waals surface area contributed by atoms with Crippen molar-refractivity contribution in [1.82, 2.24) is 4.90 Å². The van der Waals surface area contributed by atoms with E-state index >= 15 is 0 Å². The van der Waals surface area contributed by atoms with Crippen LogP contribution in [0.4, 0.5) is 10.5 Å². The van der Waals surface area contributed by atoms with E-state index in [1.54, 1.807) is 84.0 Å². The van der Waals surface area contributed by atoms with Gasteiger partial charge in [0, 0.05) is 28.9 Å². The number of aliphatic imine (C=N–C) groups is 1. The predicted octanol–water partition coefficient (Wildman–Crippen LogP) is 3.92. The minimum Gasteiger partial charge on any atom is -0.459 e. The predicted molar refractivity (Wildman–Crippen MR) is 143 cm³/mol. The van der Waals surface area contributed by atoms with Gasteiger partial charge in [0.05, 0.1) is 0 Å². The summed E-state index contributed by atoms with van der Waals surface area (Å²) in [6.45, 7) is 10.8. The monoisotopic (exact) mass is 522 g/mol. The number of fused-ring (bicyclic) bond motifs is 1. The molecule has 10 nitrogen and oxygen atoms in total. The summed E-state index contributed by atoms with van der Waals surface area (Å²) < 4.78 is 10.5. The van der Waals surface area contributed by atoms with Crippen LogP contribution in [0.2, 0.25) is 0 Å². The first-order valence-electron chi connectivity index (χ1n) is 12.2. The molecule has 2 aromatic rings. The number of nitrogens with one attached hydrogen (secondary N) is 1. The van der Waals surface area contributed by atoms with E-state index in [0.717, 1.165) is 5.56 Å². The van der Waals surface area contributed by atoms with Crippen LogP contribution < -0.4 is 11.1 Å². The molecule has 3 N–H and O–H groups in total. The fourth-order valence-corrected chi connectivity index (χ4v) is 3.74. The summed E-state index contributed by atoms with van der Waals surface area (Å²) in [5.74, 6) is -1.09. The van der Waals surface area contributed by atoms with Crippen molar-refractivity contribution in [3.05, 3.63) is 64.7 Å². The first kappa shape index (κ1) is 28.4. The molecule has 3 rings (SSSR count). The van der Waals surface area contributed by atoms with Gasteiger partial charge in [-0.15, -0.1) is 0 Å². The summed E-state index contributed by atoms with van der Waals surface area (Å²) in [5.41, 5.74) is 7.24. The van der Waals surface area contributed by atoms with E-state index in [4.69, 9.17) is 15.2 Å². The maximum Gasteiger partial charge on any atom is 0.436 e. The first-order chi connectivity index (χ1) is 17.6. The summed E-state index contributed by atoms with van der Waals surface area (Å²) in [6.07, 6.45) is -0.255. The van der Waals surface area contributed by atoms with E-state index in [0.29, 0.717) is 35.3 Å². The van der Waals surface area contributed by atoms with E-state index in [2.05, 4.69) is 10.3 Å². The van der Waals surface area contributed by atoms with Crippen LogP contribution in [0.5, 0.6) is 0 Å². The SMILES string of the molecule is CC(C)(C)OC(=O)CN1CCc2cc(NC(=O)c3ccc(/C(N)=N/C(=O)OC(C)(C)C)cc3)ccc2C1=O. The second kappa shape index (κ2) is 11.0. The Morgan fingerprint density at radius 3 is 2.16 bits per heavy atom. The fourth-order valence-electron chi connectivity index (χ4n) is 3.74. The average Bonchev–Trinajstić information content (AvgIpc) is 2.78. The van der Waals surface area contributed by atoms with Crippen LogP contribution in [-0.2, 0) is 20.7 Å². The zero-order chi connectivity index (χ0) is 28.3. The maximum absolute atomic E-state index is 12.9. The third-order valence-electron chi connectivity index (χ3n) is 5.32. The van der Waals surface area contributed by atoms with Gasteiger partial charge in [-0.05, 0) is 83.9 Å². The molecule has 0 unspecified atom stereocenters. The minimum absolute atomic E-state index is 0.0220. The zero-order valence-electron chi connectivity index (χ0n) is 22.6. The van der Waals surface area contributed by atoms with Gasteiger partial charge in [-0.2, -0.15) is 4.99 Å². The summed E-state index contributed by atoms with van der Waals surface area (Å²) >= 11 is 0. The lowest BCUT2D eigenvalue weighted by molar-refractivity contribution is -0.155. The molecule has 0 atom stereocenters. The van der Waals surface area contributed by atoms with Crippen molar-refractivity contribution in [2.75, 3.05) is 18.4 Å². The molecule has 0 aliphatic carbocycles. The van der Waals surface area contributed by atoms with Gasteiger partial charge in [-0.1, -0.05) is 12.1 Å². The van der Waals surface area contributed by atoms with Crippen molar-refractivity contribution in [3.63, 3.8) is 0 Å². The number of carbonyl (C=O) groups excluding carboxylic acids is 4. The lowest BCUT2D eigenvalue weighted by Gasteiger charge is -2.29. The van der Waals surface area contributed by atoms with Gasteiger partial charge in [0.2, 0.25) is 0 Å². The fraction of sp³-hybridized carbons (Fsp3) is 0.393. The van der Waals surface area contributed by atoms with Gasteiger partial charge in [0.15, 0.2) is 0 Å². The number of nitrogens with two attached hydrogens (primary N) is 1. The van der Waals surface area contributed by atoms with Crippen LogP contribution in [0.3, 0.4) is 0 Å². The molecule has 0 aromatic heterocycles. The summed E-state index contributed by atoms with van der Waals surface area (Å²) in [6, 6.07) is 11.4. The Morgan fingerprint density at radius 1 is 0.947 bits per heavy atom. The number of benzene rings is 2. The molecule has 0 saturated heterocycles. The summed E-state index contributed by atoms with van der Waals surface area (Å²) in [4.78, 5) is 54.9. The second-order valence-electron chi connectivity index (χ2n) is 10.9. The molecule has 1 aliphatic heterocycles. The average molecular weight is 523 g/mol. The molecule has 202 valence electrons. The molecule has 0 radical (unpaired) electrons. The Hall–Kier alpha value is -4.21. The van der Waals surface area contributed by atoms with Crippen LogP contribution in [-0.4, -0.2) is 58.9 Å². The van der Waals surface area contributed by atoms with Crippen LogP contribution in [0.25, 0.3) is 0 Å². The number of nitrogens with zero attached hydrogens (tertiary/aromatic N) is 2. The van der Waals surface area contributed by atoms with Crippen LogP contribution >= 0.6 is 0 Å². The molecule has 0 fully saturated rings. The highest BCUT2D eigenvalue weighted by Gasteiger charge is 2.28. The Labute approximate surface area is 222 Å².